The normalized spacial score (nSPS) is 15.6. The number of carbonyl (C=O) groups is 4. The van der Waals surface area contributed by atoms with Crippen molar-refractivity contribution in [1.82, 2.24) is 9.80 Å². The third kappa shape index (κ3) is 4.72. The fourth-order valence-corrected chi connectivity index (χ4v) is 4.21. The molecular weight excluding hydrogens is 427 g/mol. The maximum Gasteiger partial charge on any atom is 0.326 e. The topological polar surface area (TPSA) is 90.0 Å². The Morgan fingerprint density at radius 2 is 1.85 bits per heavy atom. The van der Waals surface area contributed by atoms with Crippen molar-refractivity contribution in [2.24, 2.45) is 0 Å². The van der Waals surface area contributed by atoms with Gasteiger partial charge in [0.1, 0.15) is 12.4 Å². The fourth-order valence-electron chi connectivity index (χ4n) is 4.21. The second kappa shape index (κ2) is 9.40. The zero-order valence-corrected chi connectivity index (χ0v) is 18.3. The lowest BCUT2D eigenvalue weighted by atomic mass is 9.98. The highest BCUT2D eigenvalue weighted by Crippen LogP contribution is 2.33. The highest BCUT2D eigenvalue weighted by atomic mass is 19.1. The van der Waals surface area contributed by atoms with Gasteiger partial charge in [-0.25, -0.2) is 9.18 Å². The molecule has 1 saturated heterocycles. The number of carbonyl (C=O) groups excluding carboxylic acids is 4. The highest BCUT2D eigenvalue weighted by Gasteiger charge is 2.33. The summed E-state index contributed by atoms with van der Waals surface area (Å²) in [5, 5.41) is 2.87. The average Bonchev–Trinajstić information content (AvgIpc) is 3.05. The predicted molar refractivity (Wildman–Crippen MR) is 120 cm³/mol. The van der Waals surface area contributed by atoms with E-state index in [1.165, 1.54) is 34.1 Å². The largest absolute Gasteiger partial charge is 0.326 e. The molecule has 2 heterocycles. The van der Waals surface area contributed by atoms with Crippen molar-refractivity contribution in [1.29, 1.82) is 0 Å². The van der Waals surface area contributed by atoms with Crippen molar-refractivity contribution in [3.05, 3.63) is 59.4 Å². The van der Waals surface area contributed by atoms with Gasteiger partial charge in [0, 0.05) is 43.5 Å². The van der Waals surface area contributed by atoms with Crippen LogP contribution >= 0.6 is 0 Å². The maximum absolute atomic E-state index is 13.1. The lowest BCUT2D eigenvalue weighted by Crippen LogP contribution is -2.37. The lowest BCUT2D eigenvalue weighted by Gasteiger charge is -2.31. The third-order valence-electron chi connectivity index (χ3n) is 5.91. The molecule has 0 aliphatic carbocycles. The van der Waals surface area contributed by atoms with Crippen molar-refractivity contribution < 1.29 is 23.6 Å². The number of nitrogens with one attached hydrogen (secondary N) is 1. The summed E-state index contributed by atoms with van der Waals surface area (Å²) in [7, 11) is 1.57. The van der Waals surface area contributed by atoms with Crippen LogP contribution in [-0.4, -0.2) is 60.2 Å². The number of amides is 5. The van der Waals surface area contributed by atoms with Gasteiger partial charge in [-0.05, 0) is 61.2 Å². The minimum Gasteiger partial charge on any atom is -0.322 e. The molecule has 2 aromatic carbocycles. The lowest BCUT2D eigenvalue weighted by molar-refractivity contribution is -0.126. The molecule has 8 nitrogen and oxygen atoms in total. The smallest absolute Gasteiger partial charge is 0.322 e. The number of fused-ring (bicyclic) bond motifs is 1. The SMILES string of the molecule is CN1CC(=O)N(CCCC(=O)N2CCCc3c(NC(=O)c4ccc(F)cc4)cccc32)C1=O. The first-order valence-corrected chi connectivity index (χ1v) is 10.9. The van der Waals surface area contributed by atoms with Crippen LogP contribution in [0.15, 0.2) is 42.5 Å². The Hall–Kier alpha value is -3.75. The molecule has 4 rings (SSSR count). The van der Waals surface area contributed by atoms with E-state index in [0.29, 0.717) is 30.6 Å². The molecule has 2 aliphatic heterocycles. The molecule has 172 valence electrons. The first-order valence-electron chi connectivity index (χ1n) is 10.9. The molecule has 0 saturated carbocycles. The summed E-state index contributed by atoms with van der Waals surface area (Å²) in [4.78, 5) is 53.7. The van der Waals surface area contributed by atoms with Gasteiger partial charge < -0.3 is 15.1 Å². The van der Waals surface area contributed by atoms with Crippen LogP contribution in [0.2, 0.25) is 0 Å². The van der Waals surface area contributed by atoms with Crippen LogP contribution in [0, 0.1) is 5.82 Å². The zero-order chi connectivity index (χ0) is 23.5. The van der Waals surface area contributed by atoms with E-state index < -0.39 is 5.82 Å². The first-order chi connectivity index (χ1) is 15.8. The van der Waals surface area contributed by atoms with Gasteiger partial charge in [0.25, 0.3) is 5.91 Å². The van der Waals surface area contributed by atoms with Crippen molar-refractivity contribution in [3.63, 3.8) is 0 Å². The molecule has 2 aromatic rings. The van der Waals surface area contributed by atoms with Crippen LogP contribution < -0.4 is 10.2 Å². The number of hydrogen-bond acceptors (Lipinski definition) is 4. The number of rotatable bonds is 6. The summed E-state index contributed by atoms with van der Waals surface area (Å²) in [6.45, 7) is 0.840. The Labute approximate surface area is 190 Å². The van der Waals surface area contributed by atoms with Crippen LogP contribution in [-0.2, 0) is 16.0 Å². The quantitative estimate of drug-likeness (QED) is 0.683. The predicted octanol–water partition coefficient (Wildman–Crippen LogP) is 3.03. The molecule has 33 heavy (non-hydrogen) atoms. The molecule has 0 unspecified atom stereocenters. The molecule has 0 bridgehead atoms. The van der Waals surface area contributed by atoms with Gasteiger partial charge in [-0.15, -0.1) is 0 Å². The van der Waals surface area contributed by atoms with Crippen molar-refractivity contribution >= 4 is 35.1 Å². The number of likely N-dealkylation sites (N-methyl/N-ethyl adjacent to an activating group) is 1. The Kier molecular flexibility index (Phi) is 6.39. The van der Waals surface area contributed by atoms with E-state index in [9.17, 15) is 23.6 Å². The monoisotopic (exact) mass is 452 g/mol. The molecule has 0 atom stereocenters. The van der Waals surface area contributed by atoms with E-state index in [2.05, 4.69) is 5.32 Å². The van der Waals surface area contributed by atoms with E-state index in [0.717, 1.165) is 17.7 Å². The standard InChI is InChI=1S/C24H25FN4O4/c1-27-15-22(31)29(24(27)33)14-4-8-21(30)28-13-3-5-18-19(6-2-7-20(18)28)26-23(32)16-9-11-17(25)12-10-16/h2,6-7,9-12H,3-5,8,13-15H2,1H3,(H,26,32). The van der Waals surface area contributed by atoms with Crippen molar-refractivity contribution in [2.45, 2.75) is 25.7 Å². The number of nitrogens with zero attached hydrogens (tertiary/aromatic N) is 3. The fraction of sp³-hybridized carbons (Fsp3) is 0.333. The second-order valence-corrected chi connectivity index (χ2v) is 8.20. The Morgan fingerprint density at radius 3 is 2.55 bits per heavy atom. The zero-order valence-electron chi connectivity index (χ0n) is 18.3. The number of hydrogen-bond donors (Lipinski definition) is 1. The van der Waals surface area contributed by atoms with Crippen LogP contribution in [0.4, 0.5) is 20.6 Å². The molecule has 9 heteroatoms. The molecule has 1 fully saturated rings. The van der Waals surface area contributed by atoms with Crippen molar-refractivity contribution in [2.75, 3.05) is 36.9 Å². The molecule has 0 radical (unpaired) electrons. The van der Waals surface area contributed by atoms with Crippen LogP contribution in [0.1, 0.15) is 35.2 Å². The van der Waals surface area contributed by atoms with E-state index in [1.54, 1.807) is 24.1 Å². The molecule has 0 spiro atoms. The number of halogens is 1. The number of imide groups is 1. The number of benzene rings is 2. The molecule has 5 amide bonds. The van der Waals surface area contributed by atoms with Gasteiger partial charge in [-0.2, -0.15) is 0 Å². The van der Waals surface area contributed by atoms with Crippen LogP contribution in [0.5, 0.6) is 0 Å². The van der Waals surface area contributed by atoms with Crippen LogP contribution in [0.3, 0.4) is 0 Å². The minimum absolute atomic E-state index is 0.0682. The molecule has 2 aliphatic rings. The summed E-state index contributed by atoms with van der Waals surface area (Å²) in [5.74, 6) is -1.11. The van der Waals surface area contributed by atoms with Gasteiger partial charge in [0.05, 0.1) is 0 Å². The minimum atomic E-state index is -0.414. The summed E-state index contributed by atoms with van der Waals surface area (Å²) in [6.07, 6.45) is 2.04. The number of urea groups is 1. The highest BCUT2D eigenvalue weighted by molar-refractivity contribution is 6.06. The van der Waals surface area contributed by atoms with Gasteiger partial charge in [0.2, 0.25) is 11.8 Å². The summed E-state index contributed by atoms with van der Waals surface area (Å²) in [6, 6.07) is 10.4. The Bertz CT molecular complexity index is 1100. The van der Waals surface area contributed by atoms with Crippen molar-refractivity contribution in [3.8, 4) is 0 Å². The van der Waals surface area contributed by atoms with Gasteiger partial charge in [0.15, 0.2) is 0 Å². The maximum atomic E-state index is 13.1. The molecule has 0 aromatic heterocycles. The van der Waals surface area contributed by atoms with E-state index in [1.807, 2.05) is 6.07 Å². The molecular formula is C24H25FN4O4. The number of anilines is 2. The second-order valence-electron chi connectivity index (χ2n) is 8.20. The first kappa shape index (κ1) is 22.4. The summed E-state index contributed by atoms with van der Waals surface area (Å²) >= 11 is 0. The van der Waals surface area contributed by atoms with Gasteiger partial charge in [-0.1, -0.05) is 6.07 Å². The summed E-state index contributed by atoms with van der Waals surface area (Å²) in [5.41, 5.74) is 2.58. The van der Waals surface area contributed by atoms with E-state index in [-0.39, 0.29) is 43.3 Å². The van der Waals surface area contributed by atoms with E-state index >= 15 is 0 Å². The average molecular weight is 452 g/mol. The Balaban J connectivity index is 1.42. The Morgan fingerprint density at radius 1 is 1.09 bits per heavy atom. The third-order valence-corrected chi connectivity index (χ3v) is 5.91. The molecule has 1 N–H and O–H groups in total. The van der Waals surface area contributed by atoms with E-state index in [4.69, 9.17) is 0 Å². The van der Waals surface area contributed by atoms with Gasteiger partial charge in [-0.3, -0.25) is 19.3 Å². The van der Waals surface area contributed by atoms with Crippen LogP contribution in [0.25, 0.3) is 0 Å². The van der Waals surface area contributed by atoms with Gasteiger partial charge >= 0.3 is 6.03 Å². The summed E-state index contributed by atoms with van der Waals surface area (Å²) < 4.78 is 13.1.